The van der Waals surface area contributed by atoms with Crippen LogP contribution in [0.2, 0.25) is 5.02 Å². The van der Waals surface area contributed by atoms with E-state index in [2.05, 4.69) is 6.58 Å². The van der Waals surface area contributed by atoms with Crippen molar-refractivity contribution >= 4 is 23.5 Å². The Morgan fingerprint density at radius 2 is 1.90 bits per heavy atom. The van der Waals surface area contributed by atoms with E-state index in [1.165, 1.54) is 0 Å². The lowest BCUT2D eigenvalue weighted by molar-refractivity contribution is -0.162. The summed E-state index contributed by atoms with van der Waals surface area (Å²) >= 11 is 5.83. The standard InChI is InChI=1S/C16H19ClO4/c1-4-21-15(20)16(14(18)19,10-9-11(2)3)12-5-7-13(17)8-6-12/h5-8H,2,4,9-10H2,1,3H3,(H,18,19). The Bertz CT molecular complexity index is 536. The Kier molecular flexibility index (Phi) is 5.97. The topological polar surface area (TPSA) is 63.6 Å². The van der Waals surface area contributed by atoms with Gasteiger partial charge in [-0.25, -0.2) is 0 Å². The summed E-state index contributed by atoms with van der Waals surface area (Å²) in [6.07, 6.45) is 0.506. The van der Waals surface area contributed by atoms with E-state index in [4.69, 9.17) is 16.3 Å². The van der Waals surface area contributed by atoms with Crippen LogP contribution in [-0.2, 0) is 19.7 Å². The summed E-state index contributed by atoms with van der Waals surface area (Å²) in [4.78, 5) is 24.2. The zero-order valence-corrected chi connectivity index (χ0v) is 12.9. The van der Waals surface area contributed by atoms with Crippen molar-refractivity contribution in [1.29, 1.82) is 0 Å². The highest BCUT2D eigenvalue weighted by atomic mass is 35.5. The largest absolute Gasteiger partial charge is 0.480 e. The van der Waals surface area contributed by atoms with Gasteiger partial charge in [0.05, 0.1) is 6.61 Å². The Hall–Kier alpha value is -1.81. The zero-order valence-electron chi connectivity index (χ0n) is 12.2. The molecule has 0 radical (unpaired) electrons. The number of aliphatic carboxylic acids is 1. The summed E-state index contributed by atoms with van der Waals surface area (Å²) in [7, 11) is 0. The van der Waals surface area contributed by atoms with Crippen LogP contribution in [0.3, 0.4) is 0 Å². The normalized spacial score (nSPS) is 13.3. The second-order valence-electron chi connectivity index (χ2n) is 4.89. The number of carbonyl (C=O) groups excluding carboxylic acids is 1. The zero-order chi connectivity index (χ0) is 16.0. The van der Waals surface area contributed by atoms with Crippen LogP contribution in [0, 0.1) is 0 Å². The van der Waals surface area contributed by atoms with E-state index in [1.54, 1.807) is 38.1 Å². The molecule has 0 saturated heterocycles. The number of carboxylic acids is 1. The Morgan fingerprint density at radius 3 is 2.33 bits per heavy atom. The molecule has 0 saturated carbocycles. The highest BCUT2D eigenvalue weighted by Gasteiger charge is 2.48. The SMILES string of the molecule is C=C(C)CCC(C(=O)O)(C(=O)OCC)c1ccc(Cl)cc1. The Balaban J connectivity index is 3.35. The van der Waals surface area contributed by atoms with Crippen LogP contribution >= 0.6 is 11.6 Å². The van der Waals surface area contributed by atoms with E-state index in [0.717, 1.165) is 5.57 Å². The molecule has 1 unspecified atom stereocenters. The van der Waals surface area contributed by atoms with E-state index in [1.807, 2.05) is 0 Å². The van der Waals surface area contributed by atoms with Gasteiger partial charge in [0.1, 0.15) is 0 Å². The fourth-order valence-electron chi connectivity index (χ4n) is 2.07. The quantitative estimate of drug-likeness (QED) is 0.475. The number of carbonyl (C=O) groups is 2. The molecule has 0 aliphatic carbocycles. The summed E-state index contributed by atoms with van der Waals surface area (Å²) in [5.74, 6) is -1.99. The molecule has 1 rings (SSSR count). The number of allylic oxidation sites excluding steroid dienone is 1. The number of benzene rings is 1. The predicted octanol–water partition coefficient (Wildman–Crippen LogP) is 3.58. The molecule has 0 aromatic heterocycles. The maximum atomic E-state index is 12.3. The smallest absolute Gasteiger partial charge is 0.328 e. The van der Waals surface area contributed by atoms with E-state index < -0.39 is 17.4 Å². The van der Waals surface area contributed by atoms with Crippen LogP contribution in [0.25, 0.3) is 0 Å². The summed E-state index contributed by atoms with van der Waals surface area (Å²) in [5.41, 5.74) is -0.572. The molecule has 0 spiro atoms. The number of ether oxygens (including phenoxy) is 1. The van der Waals surface area contributed by atoms with Crippen molar-refractivity contribution in [3.63, 3.8) is 0 Å². The highest BCUT2D eigenvalue weighted by molar-refractivity contribution is 6.30. The molecule has 0 aliphatic rings. The Labute approximate surface area is 129 Å². The molecule has 0 fully saturated rings. The first-order chi connectivity index (χ1) is 9.84. The third-order valence-electron chi connectivity index (χ3n) is 3.25. The van der Waals surface area contributed by atoms with Gasteiger partial charge in [-0.2, -0.15) is 0 Å². The van der Waals surface area contributed by atoms with Crippen molar-refractivity contribution in [2.75, 3.05) is 6.61 Å². The first-order valence-corrected chi connectivity index (χ1v) is 7.03. The van der Waals surface area contributed by atoms with Gasteiger partial charge in [0.15, 0.2) is 5.41 Å². The van der Waals surface area contributed by atoms with E-state index >= 15 is 0 Å². The van der Waals surface area contributed by atoms with Crippen molar-refractivity contribution < 1.29 is 19.4 Å². The van der Waals surface area contributed by atoms with Crippen molar-refractivity contribution in [1.82, 2.24) is 0 Å². The number of rotatable bonds is 7. The minimum absolute atomic E-state index is 0.0954. The molecule has 0 heterocycles. The maximum absolute atomic E-state index is 12.3. The molecule has 1 atom stereocenters. The van der Waals surface area contributed by atoms with Gasteiger partial charge in [-0.15, -0.1) is 6.58 Å². The average molecular weight is 311 g/mol. The molecule has 0 amide bonds. The molecule has 1 N–H and O–H groups in total. The molecule has 21 heavy (non-hydrogen) atoms. The first-order valence-electron chi connectivity index (χ1n) is 6.65. The van der Waals surface area contributed by atoms with Crippen LogP contribution in [0.5, 0.6) is 0 Å². The Morgan fingerprint density at radius 1 is 1.33 bits per heavy atom. The third kappa shape index (κ3) is 3.85. The minimum atomic E-state index is -1.74. The number of esters is 1. The van der Waals surface area contributed by atoms with E-state index in [9.17, 15) is 14.7 Å². The van der Waals surface area contributed by atoms with Crippen LogP contribution in [0.15, 0.2) is 36.4 Å². The first kappa shape index (κ1) is 17.2. The van der Waals surface area contributed by atoms with Gasteiger partial charge in [0.2, 0.25) is 0 Å². The van der Waals surface area contributed by atoms with Crippen molar-refractivity contribution in [2.24, 2.45) is 0 Å². The van der Waals surface area contributed by atoms with Crippen LogP contribution < -0.4 is 0 Å². The van der Waals surface area contributed by atoms with Crippen molar-refractivity contribution in [2.45, 2.75) is 32.1 Å². The molecule has 0 bridgehead atoms. The number of hydrogen-bond donors (Lipinski definition) is 1. The number of hydrogen-bond acceptors (Lipinski definition) is 3. The van der Waals surface area contributed by atoms with Gasteiger partial charge in [-0.1, -0.05) is 29.3 Å². The lowest BCUT2D eigenvalue weighted by atomic mass is 9.76. The number of carboxylic acid groups (broad SMARTS) is 1. The van der Waals surface area contributed by atoms with Crippen LogP contribution in [0.1, 0.15) is 32.3 Å². The van der Waals surface area contributed by atoms with Crippen LogP contribution in [0.4, 0.5) is 0 Å². The van der Waals surface area contributed by atoms with Gasteiger partial charge in [0.25, 0.3) is 0 Å². The molecular formula is C16H19ClO4. The summed E-state index contributed by atoms with van der Waals surface area (Å²) in [6.45, 7) is 7.32. The van der Waals surface area contributed by atoms with Gasteiger partial charge < -0.3 is 9.84 Å². The van der Waals surface area contributed by atoms with Gasteiger partial charge in [0, 0.05) is 5.02 Å². The van der Waals surface area contributed by atoms with E-state index in [-0.39, 0.29) is 13.0 Å². The molecular weight excluding hydrogens is 292 g/mol. The predicted molar refractivity (Wildman–Crippen MR) is 81.4 cm³/mol. The monoisotopic (exact) mass is 310 g/mol. The van der Waals surface area contributed by atoms with Crippen molar-refractivity contribution in [3.05, 3.63) is 47.0 Å². The molecule has 114 valence electrons. The number of halogens is 1. The fraction of sp³-hybridized carbons (Fsp3) is 0.375. The van der Waals surface area contributed by atoms with Crippen molar-refractivity contribution in [3.8, 4) is 0 Å². The fourth-order valence-corrected chi connectivity index (χ4v) is 2.20. The molecule has 0 aliphatic heterocycles. The second-order valence-corrected chi connectivity index (χ2v) is 5.33. The summed E-state index contributed by atoms with van der Waals surface area (Å²) in [6, 6.07) is 6.22. The highest BCUT2D eigenvalue weighted by Crippen LogP contribution is 2.33. The van der Waals surface area contributed by atoms with Gasteiger partial charge >= 0.3 is 11.9 Å². The third-order valence-corrected chi connectivity index (χ3v) is 3.50. The van der Waals surface area contributed by atoms with Crippen LogP contribution in [-0.4, -0.2) is 23.7 Å². The molecule has 1 aromatic carbocycles. The summed E-state index contributed by atoms with van der Waals surface area (Å²) < 4.78 is 5.00. The molecule has 1 aromatic rings. The lowest BCUT2D eigenvalue weighted by Crippen LogP contribution is -2.45. The van der Waals surface area contributed by atoms with Gasteiger partial charge in [-0.05, 0) is 44.4 Å². The summed E-state index contributed by atoms with van der Waals surface area (Å²) in [5, 5.41) is 10.2. The average Bonchev–Trinajstić information content (AvgIpc) is 2.41. The van der Waals surface area contributed by atoms with E-state index in [0.29, 0.717) is 17.0 Å². The molecule has 5 heteroatoms. The van der Waals surface area contributed by atoms with Gasteiger partial charge in [-0.3, -0.25) is 9.59 Å². The second kappa shape index (κ2) is 7.27. The molecule has 4 nitrogen and oxygen atoms in total. The maximum Gasteiger partial charge on any atom is 0.328 e. The lowest BCUT2D eigenvalue weighted by Gasteiger charge is -2.27. The minimum Gasteiger partial charge on any atom is -0.480 e.